The van der Waals surface area contributed by atoms with Crippen LogP contribution in [-0.2, 0) is 0 Å². The van der Waals surface area contributed by atoms with Crippen molar-refractivity contribution in [3.05, 3.63) is 29.3 Å². The minimum Gasteiger partial charge on any atom is -0.493 e. The quantitative estimate of drug-likeness (QED) is 0.564. The number of rotatable bonds is 4. The fourth-order valence-electron chi connectivity index (χ4n) is 1.12. The minimum atomic E-state index is 0.606. The maximum Gasteiger partial charge on any atom is 0.122 e. The van der Waals surface area contributed by atoms with Crippen molar-refractivity contribution in [3.8, 4) is 11.8 Å². The van der Waals surface area contributed by atoms with Gasteiger partial charge in [-0.2, -0.15) is 5.26 Å². The molecule has 14 heavy (non-hydrogen) atoms. The zero-order valence-corrected chi connectivity index (χ0v) is 8.84. The Morgan fingerprint density at radius 1 is 1.50 bits per heavy atom. The molecule has 0 aliphatic heterocycles. The van der Waals surface area contributed by atoms with E-state index >= 15 is 0 Å². The summed E-state index contributed by atoms with van der Waals surface area (Å²) in [7, 11) is 0. The topological polar surface area (TPSA) is 33.0 Å². The number of ether oxygens (including phenoxy) is 1. The summed E-state index contributed by atoms with van der Waals surface area (Å²) in [5, 5.41) is 8.66. The van der Waals surface area contributed by atoms with Gasteiger partial charge >= 0.3 is 0 Å². The third kappa shape index (κ3) is 2.93. The molecule has 0 saturated carbocycles. The summed E-state index contributed by atoms with van der Waals surface area (Å²) in [6.07, 6.45) is 0.834. The van der Waals surface area contributed by atoms with Crippen LogP contribution in [0.25, 0.3) is 0 Å². The van der Waals surface area contributed by atoms with Crippen LogP contribution in [0.4, 0.5) is 0 Å². The summed E-state index contributed by atoms with van der Waals surface area (Å²) in [5.74, 6) is 1.43. The molecule has 0 unspecified atom stereocenters. The van der Waals surface area contributed by atoms with E-state index in [1.54, 1.807) is 6.07 Å². The van der Waals surface area contributed by atoms with Crippen LogP contribution in [0.5, 0.6) is 5.75 Å². The number of nitrogens with zero attached hydrogens (tertiary/aromatic N) is 1. The van der Waals surface area contributed by atoms with E-state index in [1.165, 1.54) is 0 Å². The van der Waals surface area contributed by atoms with Crippen molar-refractivity contribution in [1.29, 1.82) is 5.26 Å². The summed E-state index contributed by atoms with van der Waals surface area (Å²) in [6.45, 7) is 2.55. The van der Waals surface area contributed by atoms with Gasteiger partial charge in [-0.25, -0.2) is 0 Å². The lowest BCUT2D eigenvalue weighted by atomic mass is 10.1. The lowest BCUT2D eigenvalue weighted by Crippen LogP contribution is -1.99. The molecular weight excluding hydrogens is 198 g/mol. The van der Waals surface area contributed by atoms with E-state index in [-0.39, 0.29) is 0 Å². The Hall–Kier alpha value is -1.20. The van der Waals surface area contributed by atoms with Gasteiger partial charge in [0.15, 0.2) is 0 Å². The van der Waals surface area contributed by atoms with Crippen LogP contribution in [0.2, 0.25) is 0 Å². The molecule has 0 N–H and O–H groups in total. The summed E-state index contributed by atoms with van der Waals surface area (Å²) in [4.78, 5) is 0. The number of aryl methyl sites for hydroxylation is 1. The monoisotopic (exact) mass is 209 g/mol. The summed E-state index contributed by atoms with van der Waals surface area (Å²) in [6, 6.07) is 7.48. The molecule has 2 nitrogen and oxygen atoms in total. The van der Waals surface area contributed by atoms with E-state index in [0.29, 0.717) is 18.1 Å². The van der Waals surface area contributed by atoms with Gasteiger partial charge in [0.05, 0.1) is 18.2 Å². The molecule has 0 amide bonds. The molecule has 0 spiro atoms. The maximum absolute atomic E-state index is 8.66. The van der Waals surface area contributed by atoms with E-state index in [2.05, 4.69) is 6.07 Å². The molecular formula is C11H12ClNO. The van der Waals surface area contributed by atoms with Crippen LogP contribution >= 0.6 is 11.6 Å². The van der Waals surface area contributed by atoms with Gasteiger partial charge in [-0.15, -0.1) is 11.6 Å². The minimum absolute atomic E-state index is 0.606. The second kappa shape index (κ2) is 5.51. The maximum atomic E-state index is 8.66. The fraction of sp³-hybridized carbons (Fsp3) is 0.364. The van der Waals surface area contributed by atoms with Gasteiger partial charge in [-0.1, -0.05) is 0 Å². The third-order valence-electron chi connectivity index (χ3n) is 1.84. The van der Waals surface area contributed by atoms with Gasteiger partial charge in [0.25, 0.3) is 0 Å². The van der Waals surface area contributed by atoms with Gasteiger partial charge in [0, 0.05) is 5.88 Å². The highest BCUT2D eigenvalue weighted by Gasteiger charge is 2.00. The molecule has 1 rings (SSSR count). The van der Waals surface area contributed by atoms with Gasteiger partial charge < -0.3 is 4.74 Å². The zero-order valence-electron chi connectivity index (χ0n) is 8.09. The highest BCUT2D eigenvalue weighted by Crippen LogP contribution is 2.18. The summed E-state index contributed by atoms with van der Waals surface area (Å²) < 4.78 is 5.48. The Bertz CT molecular complexity index is 344. The largest absolute Gasteiger partial charge is 0.493 e. The average molecular weight is 210 g/mol. The summed E-state index contributed by atoms with van der Waals surface area (Å²) >= 11 is 5.53. The molecule has 0 aliphatic rings. The SMILES string of the molecule is Cc1cc(C#N)ccc1OCCCCl. The van der Waals surface area contributed by atoms with Crippen molar-refractivity contribution in [1.82, 2.24) is 0 Å². The first-order valence-electron chi connectivity index (χ1n) is 4.47. The number of benzene rings is 1. The normalized spacial score (nSPS) is 9.50. The van der Waals surface area contributed by atoms with E-state index < -0.39 is 0 Å². The van der Waals surface area contributed by atoms with E-state index in [9.17, 15) is 0 Å². The predicted octanol–water partition coefficient (Wildman–Crippen LogP) is 2.87. The van der Waals surface area contributed by atoms with Gasteiger partial charge in [-0.3, -0.25) is 0 Å². The number of alkyl halides is 1. The second-order valence-electron chi connectivity index (χ2n) is 2.98. The van der Waals surface area contributed by atoms with Crippen molar-refractivity contribution in [2.45, 2.75) is 13.3 Å². The third-order valence-corrected chi connectivity index (χ3v) is 2.11. The molecule has 1 aromatic rings. The number of hydrogen-bond donors (Lipinski definition) is 0. The van der Waals surface area contributed by atoms with E-state index in [4.69, 9.17) is 21.6 Å². The molecule has 0 atom stereocenters. The predicted molar refractivity (Wildman–Crippen MR) is 56.7 cm³/mol. The smallest absolute Gasteiger partial charge is 0.122 e. The van der Waals surface area contributed by atoms with Gasteiger partial charge in [0.2, 0.25) is 0 Å². The Balaban J connectivity index is 2.65. The fourth-order valence-corrected chi connectivity index (χ4v) is 1.23. The van der Waals surface area contributed by atoms with Gasteiger partial charge in [0.1, 0.15) is 5.75 Å². The first-order valence-corrected chi connectivity index (χ1v) is 5.01. The standard InChI is InChI=1S/C11H12ClNO/c1-9-7-10(8-13)3-4-11(9)14-6-2-5-12/h3-4,7H,2,5-6H2,1H3. The van der Waals surface area contributed by atoms with Crippen molar-refractivity contribution < 1.29 is 4.74 Å². The first-order chi connectivity index (χ1) is 6.77. The summed E-state index contributed by atoms with van der Waals surface area (Å²) in [5.41, 5.74) is 1.64. The highest BCUT2D eigenvalue weighted by molar-refractivity contribution is 6.17. The van der Waals surface area contributed by atoms with Crippen molar-refractivity contribution in [2.24, 2.45) is 0 Å². The van der Waals surface area contributed by atoms with E-state index in [0.717, 1.165) is 17.7 Å². The molecule has 0 aliphatic carbocycles. The number of hydrogen-bond acceptors (Lipinski definition) is 2. The van der Waals surface area contributed by atoms with Crippen molar-refractivity contribution in [3.63, 3.8) is 0 Å². The average Bonchev–Trinajstić information content (AvgIpc) is 2.20. The van der Waals surface area contributed by atoms with Crippen LogP contribution in [0.3, 0.4) is 0 Å². The lowest BCUT2D eigenvalue weighted by Gasteiger charge is -2.07. The van der Waals surface area contributed by atoms with Crippen LogP contribution < -0.4 is 4.74 Å². The molecule has 0 fully saturated rings. The molecule has 1 aromatic carbocycles. The van der Waals surface area contributed by atoms with E-state index in [1.807, 2.05) is 19.1 Å². The molecule has 0 bridgehead atoms. The Morgan fingerprint density at radius 2 is 2.29 bits per heavy atom. The van der Waals surface area contributed by atoms with Gasteiger partial charge in [-0.05, 0) is 37.1 Å². The molecule has 0 aromatic heterocycles. The van der Waals surface area contributed by atoms with Crippen molar-refractivity contribution in [2.75, 3.05) is 12.5 Å². The Labute approximate surface area is 89.1 Å². The second-order valence-corrected chi connectivity index (χ2v) is 3.36. The first kappa shape index (κ1) is 10.9. The van der Waals surface area contributed by atoms with Crippen LogP contribution in [-0.4, -0.2) is 12.5 Å². The number of halogens is 1. The zero-order chi connectivity index (χ0) is 10.4. The number of nitriles is 1. The lowest BCUT2D eigenvalue weighted by molar-refractivity contribution is 0.316. The van der Waals surface area contributed by atoms with Crippen LogP contribution in [0, 0.1) is 18.3 Å². The molecule has 3 heteroatoms. The van der Waals surface area contributed by atoms with Crippen LogP contribution in [0.1, 0.15) is 17.5 Å². The molecule has 74 valence electrons. The molecule has 0 heterocycles. The highest BCUT2D eigenvalue weighted by atomic mass is 35.5. The van der Waals surface area contributed by atoms with Crippen LogP contribution in [0.15, 0.2) is 18.2 Å². The Morgan fingerprint density at radius 3 is 2.86 bits per heavy atom. The Kier molecular flexibility index (Phi) is 4.28. The van der Waals surface area contributed by atoms with Crippen molar-refractivity contribution >= 4 is 11.6 Å². The molecule has 0 radical (unpaired) electrons. The molecule has 0 saturated heterocycles.